The lowest BCUT2D eigenvalue weighted by molar-refractivity contribution is 0.590. The third kappa shape index (κ3) is 4.24. The van der Waals surface area contributed by atoms with Crippen molar-refractivity contribution in [1.29, 1.82) is 0 Å². The molecule has 3 heteroatoms. The van der Waals surface area contributed by atoms with Gasteiger partial charge in [-0.2, -0.15) is 0 Å². The molecule has 0 aliphatic carbocycles. The number of nitrogens with zero attached hydrogens (tertiary/aromatic N) is 2. The van der Waals surface area contributed by atoms with Crippen LogP contribution >= 0.6 is 0 Å². The number of furan rings is 1. The second kappa shape index (κ2) is 9.49. The smallest absolute Gasteiger partial charge is 0.149 e. The monoisotopic (exact) mass is 534 g/mol. The lowest BCUT2D eigenvalue weighted by atomic mass is 9.85. The molecular weight excluding hydrogens is 500 g/mol. The van der Waals surface area contributed by atoms with Crippen LogP contribution in [-0.4, -0.2) is 9.55 Å². The van der Waals surface area contributed by atoms with E-state index in [0.717, 1.165) is 50.0 Å². The first-order valence-corrected chi connectivity index (χ1v) is 14.4. The molecule has 0 radical (unpaired) electrons. The minimum absolute atomic E-state index is 0.0244. The van der Waals surface area contributed by atoms with Gasteiger partial charge >= 0.3 is 0 Å². The molecule has 0 aliphatic rings. The number of rotatable bonds is 4. The molecule has 0 amide bonds. The largest absolute Gasteiger partial charge is 0.455 e. The highest BCUT2D eigenvalue weighted by atomic mass is 16.3. The van der Waals surface area contributed by atoms with Gasteiger partial charge in [-0.1, -0.05) is 107 Å². The van der Waals surface area contributed by atoms with Crippen LogP contribution in [0, 0.1) is 0 Å². The molecule has 0 spiro atoms. The molecule has 0 bridgehead atoms. The molecule has 0 saturated carbocycles. The van der Waals surface area contributed by atoms with Crippen molar-refractivity contribution in [2.75, 3.05) is 0 Å². The van der Waals surface area contributed by atoms with Gasteiger partial charge in [-0.05, 0) is 64.4 Å². The van der Waals surface area contributed by atoms with Crippen molar-refractivity contribution in [1.82, 2.24) is 9.55 Å². The first kappa shape index (κ1) is 25.3. The number of fused-ring (bicyclic) bond motifs is 4. The molecule has 3 nitrogen and oxygen atoms in total. The second-order valence-electron chi connectivity index (χ2n) is 12.3. The molecule has 0 N–H and O–H groups in total. The van der Waals surface area contributed by atoms with E-state index in [1.54, 1.807) is 0 Å². The zero-order chi connectivity index (χ0) is 28.3. The summed E-state index contributed by atoms with van der Waals surface area (Å²) in [5.41, 5.74) is 10.9. The Labute approximate surface area is 241 Å². The number of imidazole rings is 1. The van der Waals surface area contributed by atoms with Gasteiger partial charge in [0.15, 0.2) is 0 Å². The van der Waals surface area contributed by atoms with Crippen molar-refractivity contribution in [3.63, 3.8) is 0 Å². The van der Waals surface area contributed by atoms with Gasteiger partial charge in [0, 0.05) is 16.3 Å². The van der Waals surface area contributed by atoms with Gasteiger partial charge in [0.2, 0.25) is 0 Å². The zero-order valence-electron chi connectivity index (χ0n) is 24.3. The summed E-state index contributed by atoms with van der Waals surface area (Å²) in [6.45, 7) is 11.2. The Morgan fingerprint density at radius 1 is 0.707 bits per heavy atom. The topological polar surface area (TPSA) is 31.0 Å². The molecule has 2 heterocycles. The molecule has 41 heavy (non-hydrogen) atoms. The summed E-state index contributed by atoms with van der Waals surface area (Å²) < 4.78 is 8.95. The number of aromatic nitrogens is 2. The quantitative estimate of drug-likeness (QED) is 0.225. The van der Waals surface area contributed by atoms with E-state index in [-0.39, 0.29) is 5.41 Å². The van der Waals surface area contributed by atoms with Crippen molar-refractivity contribution in [3.8, 4) is 28.2 Å². The highest BCUT2D eigenvalue weighted by Gasteiger charge is 2.23. The summed E-state index contributed by atoms with van der Waals surface area (Å²) in [5, 5.41) is 2.24. The summed E-state index contributed by atoms with van der Waals surface area (Å²) in [6.07, 6.45) is 0. The van der Waals surface area contributed by atoms with Gasteiger partial charge < -0.3 is 4.42 Å². The van der Waals surface area contributed by atoms with Crippen molar-refractivity contribution in [2.45, 2.75) is 46.0 Å². The number of hydrogen-bond acceptors (Lipinski definition) is 2. The molecule has 7 aromatic rings. The molecule has 0 unspecified atom stereocenters. The van der Waals surface area contributed by atoms with Gasteiger partial charge in [-0.15, -0.1) is 0 Å². The highest BCUT2D eigenvalue weighted by molar-refractivity contribution is 6.09. The molecule has 2 aromatic heterocycles. The Hall–Kier alpha value is -4.63. The average Bonchev–Trinajstić information content (AvgIpc) is 3.55. The van der Waals surface area contributed by atoms with Crippen LogP contribution < -0.4 is 0 Å². The van der Waals surface area contributed by atoms with Crippen LogP contribution in [0.5, 0.6) is 0 Å². The second-order valence-corrected chi connectivity index (χ2v) is 12.3. The number of para-hydroxylation sites is 3. The Morgan fingerprint density at radius 2 is 1.49 bits per heavy atom. The third-order valence-corrected chi connectivity index (χ3v) is 8.18. The Balaban J connectivity index is 1.55. The van der Waals surface area contributed by atoms with E-state index in [0.29, 0.717) is 5.92 Å². The van der Waals surface area contributed by atoms with E-state index in [9.17, 15) is 0 Å². The van der Waals surface area contributed by atoms with Crippen molar-refractivity contribution in [3.05, 3.63) is 120 Å². The zero-order valence-corrected chi connectivity index (χ0v) is 24.3. The summed E-state index contributed by atoms with van der Waals surface area (Å²) in [4.78, 5) is 5.23. The van der Waals surface area contributed by atoms with Crippen LogP contribution in [0.2, 0.25) is 0 Å². The SMILES string of the molecule is CC(C)c1ccc2c(c1)oc1c(-c3nc4ccccc4n3-c3ccc(C(C)(C)C)cc3-c3ccccc3)cccc12. The van der Waals surface area contributed by atoms with E-state index in [1.165, 1.54) is 22.3 Å². The fourth-order valence-corrected chi connectivity index (χ4v) is 5.85. The van der Waals surface area contributed by atoms with Gasteiger partial charge in [0.05, 0.1) is 22.3 Å². The maximum Gasteiger partial charge on any atom is 0.149 e. The molecule has 0 aliphatic heterocycles. The van der Waals surface area contributed by atoms with E-state index in [1.807, 2.05) is 0 Å². The van der Waals surface area contributed by atoms with Crippen LogP contribution in [0.1, 0.15) is 51.7 Å². The van der Waals surface area contributed by atoms with Gasteiger partial charge in [-0.25, -0.2) is 4.98 Å². The Morgan fingerprint density at radius 3 is 2.27 bits per heavy atom. The van der Waals surface area contributed by atoms with Gasteiger partial charge in [-0.3, -0.25) is 4.57 Å². The summed E-state index contributed by atoms with van der Waals surface area (Å²) in [7, 11) is 0. The van der Waals surface area contributed by atoms with Crippen molar-refractivity contribution in [2.24, 2.45) is 0 Å². The third-order valence-electron chi connectivity index (χ3n) is 8.18. The van der Waals surface area contributed by atoms with Crippen molar-refractivity contribution >= 4 is 33.0 Å². The molecular formula is C38H34N2O. The maximum absolute atomic E-state index is 6.64. The van der Waals surface area contributed by atoms with Crippen LogP contribution in [0.4, 0.5) is 0 Å². The fourth-order valence-electron chi connectivity index (χ4n) is 5.85. The van der Waals surface area contributed by atoms with E-state index in [2.05, 4.69) is 148 Å². The van der Waals surface area contributed by atoms with Crippen LogP contribution in [0.15, 0.2) is 114 Å². The fraction of sp³-hybridized carbons (Fsp3) is 0.184. The van der Waals surface area contributed by atoms with Gasteiger partial charge in [0.1, 0.15) is 17.0 Å². The van der Waals surface area contributed by atoms with E-state index in [4.69, 9.17) is 9.40 Å². The predicted molar refractivity (Wildman–Crippen MR) is 172 cm³/mol. The molecule has 0 saturated heterocycles. The minimum atomic E-state index is 0.0244. The number of benzene rings is 5. The average molecular weight is 535 g/mol. The minimum Gasteiger partial charge on any atom is -0.455 e. The first-order valence-electron chi connectivity index (χ1n) is 14.4. The number of hydrogen-bond donors (Lipinski definition) is 0. The van der Waals surface area contributed by atoms with Crippen LogP contribution in [0.3, 0.4) is 0 Å². The molecule has 202 valence electrons. The normalized spacial score (nSPS) is 12.2. The molecule has 0 fully saturated rings. The summed E-state index contributed by atoms with van der Waals surface area (Å²) >= 11 is 0. The maximum atomic E-state index is 6.64. The summed E-state index contributed by atoms with van der Waals surface area (Å²) in [6, 6.07) is 38.9. The van der Waals surface area contributed by atoms with Crippen LogP contribution in [-0.2, 0) is 5.41 Å². The van der Waals surface area contributed by atoms with Gasteiger partial charge in [0.25, 0.3) is 0 Å². The Bertz CT molecular complexity index is 2050. The highest BCUT2D eigenvalue weighted by Crippen LogP contribution is 2.41. The summed E-state index contributed by atoms with van der Waals surface area (Å²) in [5.74, 6) is 1.31. The first-order chi connectivity index (χ1) is 19.8. The Kier molecular flexibility index (Phi) is 5.86. The lowest BCUT2D eigenvalue weighted by Gasteiger charge is -2.23. The van der Waals surface area contributed by atoms with E-state index >= 15 is 0 Å². The lowest BCUT2D eigenvalue weighted by Crippen LogP contribution is -2.12. The van der Waals surface area contributed by atoms with E-state index < -0.39 is 0 Å². The predicted octanol–water partition coefficient (Wildman–Crippen LogP) is 10.7. The molecule has 0 atom stereocenters. The standard InChI is InChI=1S/C38H34N2O/c1-24(2)26-18-20-28-29-14-11-15-30(36(29)41-35(28)22-26)37-39-32-16-9-10-17-34(32)40(37)33-21-19-27(38(3,4)5)23-31(33)25-12-7-6-8-13-25/h6-24H,1-5H3. The van der Waals surface area contributed by atoms with Crippen molar-refractivity contribution < 1.29 is 4.42 Å². The van der Waals surface area contributed by atoms with Crippen LogP contribution in [0.25, 0.3) is 61.2 Å². The molecule has 5 aromatic carbocycles. The molecule has 7 rings (SSSR count).